The number of fused-ring (bicyclic) bond motifs is 1. The minimum absolute atomic E-state index is 0.639. The lowest BCUT2D eigenvalue weighted by Crippen LogP contribution is -2.52. The Morgan fingerprint density at radius 3 is 2.93 bits per heavy atom. The van der Waals surface area contributed by atoms with Crippen LogP contribution in [0.3, 0.4) is 0 Å². The molecule has 0 aliphatic carbocycles. The molecule has 14 heavy (non-hydrogen) atoms. The summed E-state index contributed by atoms with van der Waals surface area (Å²) in [6, 6.07) is 0. The van der Waals surface area contributed by atoms with Gasteiger partial charge in [-0.15, -0.1) is 5.53 Å². The predicted octanol–water partition coefficient (Wildman–Crippen LogP) is 0.0854. The molecule has 0 atom stereocenters. The van der Waals surface area contributed by atoms with Gasteiger partial charge in [0.1, 0.15) is 0 Å². The van der Waals surface area contributed by atoms with E-state index in [0.29, 0.717) is 6.54 Å². The third-order valence-electron chi connectivity index (χ3n) is 2.12. The first-order valence-corrected chi connectivity index (χ1v) is 4.82. The van der Waals surface area contributed by atoms with Crippen LogP contribution in [-0.4, -0.2) is 29.7 Å². The minimum atomic E-state index is -0.710. The summed E-state index contributed by atoms with van der Waals surface area (Å²) < 4.78 is 0. The van der Waals surface area contributed by atoms with Crippen molar-refractivity contribution < 1.29 is 14.5 Å². The zero-order valence-corrected chi connectivity index (χ0v) is 7.86. The molecule has 7 heteroatoms. The van der Waals surface area contributed by atoms with E-state index in [1.807, 2.05) is 0 Å². The molecule has 2 heterocycles. The summed E-state index contributed by atoms with van der Waals surface area (Å²) in [4.78, 5) is 20.3. The Kier molecular flexibility index (Phi) is 3.14. The Bertz CT molecular complexity index is 193. The summed E-state index contributed by atoms with van der Waals surface area (Å²) in [5.41, 5.74) is 5.65. The van der Waals surface area contributed by atoms with E-state index in [0.717, 1.165) is 25.8 Å². The van der Waals surface area contributed by atoms with E-state index in [9.17, 15) is 4.79 Å². The number of nitrogens with one attached hydrogen (secondary N) is 2. The van der Waals surface area contributed by atoms with Gasteiger partial charge in [-0.25, -0.2) is 5.43 Å². The number of carbonyl (C=O) groups excluding carboxylic acids is 1. The van der Waals surface area contributed by atoms with E-state index in [1.165, 1.54) is 16.9 Å². The maximum absolute atomic E-state index is 10.8. The van der Waals surface area contributed by atoms with E-state index in [2.05, 4.69) is 11.0 Å². The topological polar surface area (TPSA) is 66.1 Å². The molecular formula is C7H14N4O3. The van der Waals surface area contributed by atoms with Crippen molar-refractivity contribution in [1.29, 1.82) is 0 Å². The highest BCUT2D eigenvalue weighted by atomic mass is 17.0. The molecule has 2 saturated heterocycles. The molecule has 2 N–H and O–H groups in total. The van der Waals surface area contributed by atoms with Gasteiger partial charge in [0.15, 0.2) is 0 Å². The number of hydrogen-bond acceptors (Lipinski definition) is 7. The zero-order valence-electron chi connectivity index (χ0n) is 7.86. The van der Waals surface area contributed by atoms with Gasteiger partial charge in [-0.05, 0) is 18.0 Å². The fourth-order valence-corrected chi connectivity index (χ4v) is 1.41. The van der Waals surface area contributed by atoms with Crippen molar-refractivity contribution in [2.75, 3.05) is 13.1 Å². The normalized spacial score (nSPS) is 26.4. The predicted molar refractivity (Wildman–Crippen MR) is 45.7 cm³/mol. The molecule has 2 fully saturated rings. The van der Waals surface area contributed by atoms with Gasteiger partial charge in [-0.1, -0.05) is 12.8 Å². The second-order valence-corrected chi connectivity index (χ2v) is 3.23. The molecule has 0 radical (unpaired) electrons. The summed E-state index contributed by atoms with van der Waals surface area (Å²) in [6.07, 6.45) is 3.68. The van der Waals surface area contributed by atoms with Crippen LogP contribution in [-0.2, 0) is 9.68 Å². The second-order valence-electron chi connectivity index (χ2n) is 3.23. The van der Waals surface area contributed by atoms with Gasteiger partial charge in [-0.3, -0.25) is 4.84 Å². The molecule has 0 spiro atoms. The van der Waals surface area contributed by atoms with Crippen molar-refractivity contribution in [3.05, 3.63) is 0 Å². The van der Waals surface area contributed by atoms with Crippen molar-refractivity contribution in [2.45, 2.75) is 25.7 Å². The van der Waals surface area contributed by atoms with Crippen LogP contribution in [0.15, 0.2) is 0 Å². The zero-order chi connectivity index (χ0) is 9.80. The van der Waals surface area contributed by atoms with Crippen molar-refractivity contribution >= 4 is 6.16 Å². The molecule has 0 saturated carbocycles. The first kappa shape index (κ1) is 9.66. The van der Waals surface area contributed by atoms with E-state index in [-0.39, 0.29) is 0 Å². The summed E-state index contributed by atoms with van der Waals surface area (Å²) in [5, 5.41) is 2.54. The number of rotatable bonds is 0. The van der Waals surface area contributed by atoms with Gasteiger partial charge in [0.2, 0.25) is 0 Å². The molecule has 0 aromatic rings. The van der Waals surface area contributed by atoms with Crippen LogP contribution in [0.2, 0.25) is 0 Å². The second kappa shape index (κ2) is 4.56. The highest BCUT2D eigenvalue weighted by Crippen LogP contribution is 2.12. The van der Waals surface area contributed by atoms with Crippen LogP contribution < -0.4 is 11.0 Å². The van der Waals surface area contributed by atoms with Crippen LogP contribution in [0.25, 0.3) is 0 Å². The molecule has 0 aromatic heterocycles. The van der Waals surface area contributed by atoms with Crippen molar-refractivity contribution in [2.24, 2.45) is 0 Å². The number of nitrogens with zero attached hydrogens (tertiary/aromatic N) is 2. The molecule has 0 amide bonds. The Labute approximate surface area is 81.7 Å². The Hall–Kier alpha value is -0.890. The maximum atomic E-state index is 10.8. The average Bonchev–Trinajstić information content (AvgIpc) is 2.52. The Balaban J connectivity index is 1.89. The third-order valence-corrected chi connectivity index (χ3v) is 2.12. The molecule has 2 aliphatic rings. The lowest BCUT2D eigenvalue weighted by Gasteiger charge is -2.21. The quantitative estimate of drug-likeness (QED) is 0.576. The molecule has 0 aromatic carbocycles. The van der Waals surface area contributed by atoms with Gasteiger partial charge in [0, 0.05) is 6.54 Å². The summed E-state index contributed by atoms with van der Waals surface area (Å²) in [7, 11) is 0. The average molecular weight is 202 g/mol. The van der Waals surface area contributed by atoms with E-state index < -0.39 is 6.16 Å². The summed E-state index contributed by atoms with van der Waals surface area (Å²) in [6.45, 7) is 1.47. The number of hydroxylamine groups is 1. The van der Waals surface area contributed by atoms with E-state index in [1.54, 1.807) is 0 Å². The largest absolute Gasteiger partial charge is 0.551 e. The van der Waals surface area contributed by atoms with Crippen LogP contribution in [0.4, 0.5) is 4.79 Å². The molecule has 2 aliphatic heterocycles. The van der Waals surface area contributed by atoms with Crippen molar-refractivity contribution in [3.63, 3.8) is 0 Å². The van der Waals surface area contributed by atoms with E-state index in [4.69, 9.17) is 9.68 Å². The van der Waals surface area contributed by atoms with Crippen LogP contribution in [0.1, 0.15) is 25.7 Å². The highest BCUT2D eigenvalue weighted by molar-refractivity contribution is 5.59. The van der Waals surface area contributed by atoms with Gasteiger partial charge in [-0.2, -0.15) is 4.79 Å². The van der Waals surface area contributed by atoms with Crippen molar-refractivity contribution in [1.82, 2.24) is 21.4 Å². The molecule has 0 unspecified atom stereocenters. The fourth-order valence-electron chi connectivity index (χ4n) is 1.41. The standard InChI is InChI=1S/C7H14N4O3/c12-7-13-10-6-4-2-1-3-5-8-9-11(10)14-7/h8-9H,1-6H2. The Morgan fingerprint density at radius 2 is 2.00 bits per heavy atom. The van der Waals surface area contributed by atoms with E-state index >= 15 is 0 Å². The fraction of sp³-hybridized carbons (Fsp3) is 0.857. The highest BCUT2D eigenvalue weighted by Gasteiger charge is 2.32. The van der Waals surface area contributed by atoms with Gasteiger partial charge in [0.25, 0.3) is 0 Å². The molecular weight excluding hydrogens is 188 g/mol. The first-order chi connectivity index (χ1) is 6.86. The molecule has 80 valence electrons. The van der Waals surface area contributed by atoms with Gasteiger partial charge >= 0.3 is 6.16 Å². The monoisotopic (exact) mass is 202 g/mol. The maximum Gasteiger partial charge on any atom is 0.551 e. The summed E-state index contributed by atoms with van der Waals surface area (Å²) >= 11 is 0. The lowest BCUT2D eigenvalue weighted by atomic mass is 10.2. The van der Waals surface area contributed by atoms with Crippen LogP contribution in [0.5, 0.6) is 0 Å². The number of hydrazine groups is 3. The van der Waals surface area contributed by atoms with Gasteiger partial charge in [0.05, 0.1) is 11.8 Å². The molecule has 7 nitrogen and oxygen atoms in total. The van der Waals surface area contributed by atoms with Crippen molar-refractivity contribution in [3.8, 4) is 0 Å². The van der Waals surface area contributed by atoms with Crippen LogP contribution >= 0.6 is 0 Å². The molecule has 0 bridgehead atoms. The lowest BCUT2D eigenvalue weighted by molar-refractivity contribution is -0.314. The molecule has 2 rings (SSSR count). The smallest absolute Gasteiger partial charge is 0.314 e. The Morgan fingerprint density at radius 1 is 1.14 bits per heavy atom. The number of carbonyl (C=O) groups is 1. The number of hydrogen-bond donors (Lipinski definition) is 2. The summed E-state index contributed by atoms with van der Waals surface area (Å²) in [5.74, 6) is 0. The SMILES string of the molecule is O=C1ON2CCCCCCNNN2O1. The third kappa shape index (κ3) is 2.32. The minimum Gasteiger partial charge on any atom is -0.314 e. The first-order valence-electron chi connectivity index (χ1n) is 4.82. The van der Waals surface area contributed by atoms with Crippen LogP contribution in [0, 0.1) is 0 Å². The van der Waals surface area contributed by atoms with Gasteiger partial charge < -0.3 is 4.84 Å².